The Bertz CT molecular complexity index is 1490. The Morgan fingerprint density at radius 1 is 1.19 bits per heavy atom. The van der Waals surface area contributed by atoms with Crippen molar-refractivity contribution in [3.8, 4) is 0 Å². The van der Waals surface area contributed by atoms with Crippen LogP contribution < -0.4 is 10.5 Å². The van der Waals surface area contributed by atoms with Crippen molar-refractivity contribution in [2.45, 2.75) is 19.1 Å². The average Bonchev–Trinajstić information content (AvgIpc) is 3.46. The number of benzene rings is 1. The Morgan fingerprint density at radius 3 is 2.73 bits per heavy atom. The molecule has 196 valence electrons. The molecule has 3 aromatic heterocycles. The summed E-state index contributed by atoms with van der Waals surface area (Å²) in [5.74, 6) is -0.0782. The van der Waals surface area contributed by atoms with Crippen molar-refractivity contribution >= 4 is 45.5 Å². The molecule has 0 aliphatic carbocycles. The standard InChI is InChI=1S/C23H22ClF3N6O4/c24-14-1-2-16-18(11-14)37-22(29-16)32-6-4-31(5-7-32)19(34)3-9-36-10-8-33-13-15(23(25,26)27)20-17(33)12-28-30-21(20)35/h1-2,11-13H,3-10H2,(H,30,35). The van der Waals surface area contributed by atoms with Crippen LogP contribution in [0.5, 0.6) is 0 Å². The molecule has 1 aliphatic heterocycles. The topological polar surface area (TPSA) is 109 Å². The maximum atomic E-state index is 13.3. The number of piperazine rings is 1. The minimum atomic E-state index is -4.68. The van der Waals surface area contributed by atoms with Gasteiger partial charge in [0, 0.05) is 50.0 Å². The molecule has 0 unspecified atom stereocenters. The van der Waals surface area contributed by atoms with Gasteiger partial charge in [0.1, 0.15) is 5.52 Å². The molecule has 1 saturated heterocycles. The highest BCUT2D eigenvalue weighted by atomic mass is 35.5. The second-order valence-electron chi connectivity index (χ2n) is 8.53. The number of ether oxygens (including phenoxy) is 1. The van der Waals surface area contributed by atoms with E-state index >= 15 is 0 Å². The number of hydrogen-bond donors (Lipinski definition) is 1. The van der Waals surface area contributed by atoms with Gasteiger partial charge >= 0.3 is 6.18 Å². The normalized spacial score (nSPS) is 14.7. The number of aromatic amines is 1. The number of fused-ring (bicyclic) bond motifs is 2. The molecule has 1 amide bonds. The maximum Gasteiger partial charge on any atom is 0.418 e. The number of nitrogens with zero attached hydrogens (tertiary/aromatic N) is 5. The van der Waals surface area contributed by atoms with Crippen LogP contribution in [0.1, 0.15) is 12.0 Å². The summed E-state index contributed by atoms with van der Waals surface area (Å²) in [6.07, 6.45) is -2.49. The second kappa shape index (κ2) is 10.1. The summed E-state index contributed by atoms with van der Waals surface area (Å²) >= 11 is 5.99. The lowest BCUT2D eigenvalue weighted by Crippen LogP contribution is -2.49. The molecule has 5 rings (SSSR count). The highest BCUT2D eigenvalue weighted by Gasteiger charge is 2.36. The van der Waals surface area contributed by atoms with Crippen LogP contribution in [-0.4, -0.2) is 69.9 Å². The van der Waals surface area contributed by atoms with E-state index in [2.05, 4.69) is 10.1 Å². The average molecular weight is 539 g/mol. The fourth-order valence-corrected chi connectivity index (χ4v) is 4.47. The van der Waals surface area contributed by atoms with E-state index in [4.69, 9.17) is 20.8 Å². The minimum Gasteiger partial charge on any atom is -0.423 e. The zero-order valence-electron chi connectivity index (χ0n) is 19.4. The zero-order chi connectivity index (χ0) is 26.2. The number of H-pyrrole nitrogens is 1. The first-order valence-corrected chi connectivity index (χ1v) is 11.9. The van der Waals surface area contributed by atoms with Crippen LogP contribution >= 0.6 is 11.6 Å². The van der Waals surface area contributed by atoms with Gasteiger partial charge in [-0.3, -0.25) is 9.59 Å². The lowest BCUT2D eigenvalue weighted by molar-refractivity contribution is -0.136. The lowest BCUT2D eigenvalue weighted by atomic mass is 10.2. The molecule has 0 spiro atoms. The fourth-order valence-electron chi connectivity index (χ4n) is 4.31. The number of carbonyl (C=O) groups is 1. The van der Waals surface area contributed by atoms with E-state index in [0.29, 0.717) is 48.3 Å². The highest BCUT2D eigenvalue weighted by molar-refractivity contribution is 6.31. The molecule has 0 saturated carbocycles. The van der Waals surface area contributed by atoms with Gasteiger partial charge in [-0.1, -0.05) is 11.6 Å². The predicted molar refractivity (Wildman–Crippen MR) is 129 cm³/mol. The molecule has 1 aliphatic rings. The van der Waals surface area contributed by atoms with Crippen molar-refractivity contribution in [2.75, 3.05) is 44.3 Å². The van der Waals surface area contributed by atoms with Crippen LogP contribution in [0.4, 0.5) is 19.2 Å². The summed E-state index contributed by atoms with van der Waals surface area (Å²) in [4.78, 5) is 32.6. The van der Waals surface area contributed by atoms with Crippen LogP contribution in [0.25, 0.3) is 22.0 Å². The molecule has 0 bridgehead atoms. The molecule has 0 atom stereocenters. The molecule has 4 heterocycles. The summed E-state index contributed by atoms with van der Waals surface area (Å²) in [5.41, 5.74) is -0.558. The van der Waals surface area contributed by atoms with Gasteiger partial charge in [-0.05, 0) is 12.1 Å². The molecule has 1 N–H and O–H groups in total. The highest BCUT2D eigenvalue weighted by Crippen LogP contribution is 2.34. The molecule has 10 nitrogen and oxygen atoms in total. The first-order chi connectivity index (χ1) is 17.7. The van der Waals surface area contributed by atoms with Crippen LogP contribution in [0.3, 0.4) is 0 Å². The third-order valence-electron chi connectivity index (χ3n) is 6.18. The van der Waals surface area contributed by atoms with E-state index in [0.717, 1.165) is 6.20 Å². The Kier molecular flexibility index (Phi) is 6.82. The zero-order valence-corrected chi connectivity index (χ0v) is 20.2. The summed E-state index contributed by atoms with van der Waals surface area (Å²) in [6, 6.07) is 5.72. The molecule has 4 aromatic rings. The number of oxazole rings is 1. The van der Waals surface area contributed by atoms with E-state index < -0.39 is 22.7 Å². The number of aromatic nitrogens is 4. The van der Waals surface area contributed by atoms with Gasteiger partial charge in [-0.2, -0.15) is 23.3 Å². The summed E-state index contributed by atoms with van der Waals surface area (Å²) in [6.45, 7) is 2.36. The van der Waals surface area contributed by atoms with E-state index in [-0.39, 0.29) is 37.6 Å². The Balaban J connectivity index is 1.09. The van der Waals surface area contributed by atoms with Crippen molar-refractivity contribution in [3.05, 3.63) is 51.5 Å². The van der Waals surface area contributed by atoms with E-state index in [9.17, 15) is 22.8 Å². The largest absolute Gasteiger partial charge is 0.423 e. The van der Waals surface area contributed by atoms with Gasteiger partial charge < -0.3 is 23.5 Å². The number of rotatable bonds is 7. The first-order valence-electron chi connectivity index (χ1n) is 11.5. The van der Waals surface area contributed by atoms with Crippen LogP contribution in [-0.2, 0) is 22.3 Å². The van der Waals surface area contributed by atoms with Gasteiger partial charge in [0.05, 0.1) is 42.3 Å². The molecular weight excluding hydrogens is 517 g/mol. The Labute approximate surface area is 212 Å². The van der Waals surface area contributed by atoms with E-state index in [1.54, 1.807) is 23.1 Å². The smallest absolute Gasteiger partial charge is 0.418 e. The lowest BCUT2D eigenvalue weighted by Gasteiger charge is -2.33. The number of nitrogens with one attached hydrogen (secondary N) is 1. The number of carbonyl (C=O) groups excluding carboxylic acids is 1. The molecule has 37 heavy (non-hydrogen) atoms. The van der Waals surface area contributed by atoms with Crippen molar-refractivity contribution in [1.82, 2.24) is 24.6 Å². The van der Waals surface area contributed by atoms with Gasteiger partial charge in [0.2, 0.25) is 5.91 Å². The summed E-state index contributed by atoms with van der Waals surface area (Å²) < 4.78 is 52.6. The van der Waals surface area contributed by atoms with E-state index in [1.807, 2.05) is 10.00 Å². The maximum absolute atomic E-state index is 13.3. The Hall–Kier alpha value is -3.58. The SMILES string of the molecule is O=C(CCOCCn1cc(C(F)(F)F)c2c(=O)[nH]ncc21)N1CCN(c2nc3ccc(Cl)cc3o2)CC1. The molecule has 1 aromatic carbocycles. The van der Waals surface area contributed by atoms with Gasteiger partial charge in [0.15, 0.2) is 5.58 Å². The number of hydrogen-bond acceptors (Lipinski definition) is 7. The molecule has 0 radical (unpaired) electrons. The fraction of sp³-hybridized carbons (Fsp3) is 0.391. The van der Waals surface area contributed by atoms with Crippen molar-refractivity contribution in [1.29, 1.82) is 0 Å². The van der Waals surface area contributed by atoms with Crippen molar-refractivity contribution in [3.63, 3.8) is 0 Å². The number of amides is 1. The predicted octanol–water partition coefficient (Wildman–Crippen LogP) is 3.29. The van der Waals surface area contributed by atoms with Crippen LogP contribution in [0, 0.1) is 0 Å². The summed E-state index contributed by atoms with van der Waals surface area (Å²) in [7, 11) is 0. The van der Waals surface area contributed by atoms with E-state index in [1.165, 1.54) is 10.8 Å². The third-order valence-corrected chi connectivity index (χ3v) is 6.42. The molecule has 14 heteroatoms. The van der Waals surface area contributed by atoms with Crippen molar-refractivity contribution < 1.29 is 27.1 Å². The number of anilines is 1. The third kappa shape index (κ3) is 5.27. The quantitative estimate of drug-likeness (QED) is 0.360. The van der Waals surface area contributed by atoms with Gasteiger partial charge in [0.25, 0.3) is 11.6 Å². The van der Waals surface area contributed by atoms with Crippen LogP contribution in [0.2, 0.25) is 5.02 Å². The Morgan fingerprint density at radius 2 is 1.97 bits per heavy atom. The monoisotopic (exact) mass is 538 g/mol. The second-order valence-corrected chi connectivity index (χ2v) is 8.97. The number of alkyl halides is 3. The van der Waals surface area contributed by atoms with Crippen molar-refractivity contribution in [2.24, 2.45) is 0 Å². The molecular formula is C23H22ClF3N6O4. The summed E-state index contributed by atoms with van der Waals surface area (Å²) in [5, 5.41) is 5.73. The molecule has 1 fully saturated rings. The van der Waals surface area contributed by atoms with Gasteiger partial charge in [-0.25, -0.2) is 5.10 Å². The van der Waals surface area contributed by atoms with Gasteiger partial charge in [-0.15, -0.1) is 0 Å². The van der Waals surface area contributed by atoms with Crippen LogP contribution in [0.15, 0.2) is 39.8 Å². The number of halogens is 4. The minimum absolute atomic E-state index is 0.0654. The first kappa shape index (κ1) is 25.1.